The Morgan fingerprint density at radius 2 is 1.61 bits per heavy atom. The van der Waals surface area contributed by atoms with Gasteiger partial charge in [-0.3, -0.25) is 14.4 Å². The van der Waals surface area contributed by atoms with E-state index in [1.807, 2.05) is 6.07 Å². The van der Waals surface area contributed by atoms with Crippen molar-refractivity contribution < 1.29 is 29.3 Å². The average molecular weight is 323 g/mol. The lowest BCUT2D eigenvalue weighted by molar-refractivity contribution is -0.160. The van der Waals surface area contributed by atoms with E-state index >= 15 is 0 Å². The molecule has 1 unspecified atom stereocenters. The van der Waals surface area contributed by atoms with Crippen LogP contribution in [0.25, 0.3) is 0 Å². The smallest absolute Gasteiger partial charge is 0.320 e. The minimum absolute atomic E-state index is 0.0212. The second-order valence-electron chi connectivity index (χ2n) is 5.21. The Kier molecular flexibility index (Phi) is 7.76. The third kappa shape index (κ3) is 6.92. The molecule has 0 aliphatic heterocycles. The number of ether oxygens (including phenoxy) is 1. The van der Waals surface area contributed by atoms with Crippen LogP contribution in [0.5, 0.6) is 0 Å². The first-order chi connectivity index (χ1) is 10.9. The fourth-order valence-corrected chi connectivity index (χ4v) is 2.01. The summed E-state index contributed by atoms with van der Waals surface area (Å²) in [5.74, 6) is -4.38. The first-order valence-electron chi connectivity index (χ1n) is 7.33. The highest BCUT2D eigenvalue weighted by Crippen LogP contribution is 2.14. The monoisotopic (exact) mass is 323 g/mol. The molecule has 0 amide bonds. The summed E-state index contributed by atoms with van der Waals surface area (Å²) in [4.78, 5) is 33.6. The fourth-order valence-electron chi connectivity index (χ4n) is 2.01. The third-order valence-electron chi connectivity index (χ3n) is 3.38. The number of hydrogen-bond acceptors (Lipinski definition) is 5. The van der Waals surface area contributed by atoms with Crippen LogP contribution in [0.1, 0.15) is 31.2 Å². The molecule has 126 valence electrons. The van der Waals surface area contributed by atoms with Gasteiger partial charge in [0.1, 0.15) is 12.6 Å². The zero-order valence-electron chi connectivity index (χ0n) is 12.7. The van der Waals surface area contributed by atoms with E-state index in [9.17, 15) is 14.4 Å². The Hall–Kier alpha value is -2.41. The van der Waals surface area contributed by atoms with Crippen LogP contribution >= 0.6 is 0 Å². The van der Waals surface area contributed by atoms with Gasteiger partial charge in [-0.2, -0.15) is 0 Å². The predicted molar refractivity (Wildman–Crippen MR) is 81.4 cm³/mol. The maximum Gasteiger partial charge on any atom is 0.320 e. The van der Waals surface area contributed by atoms with E-state index in [2.05, 4.69) is 0 Å². The Bertz CT molecular complexity index is 531. The van der Waals surface area contributed by atoms with Crippen molar-refractivity contribution in [2.45, 2.75) is 38.3 Å². The molecule has 1 aromatic carbocycles. The van der Waals surface area contributed by atoms with Gasteiger partial charge in [-0.25, -0.2) is 0 Å². The van der Waals surface area contributed by atoms with Gasteiger partial charge < -0.3 is 20.7 Å². The van der Waals surface area contributed by atoms with Crippen molar-refractivity contribution in [1.82, 2.24) is 0 Å². The molecule has 0 heterocycles. The number of carboxylic acid groups (broad SMARTS) is 2. The highest BCUT2D eigenvalue weighted by atomic mass is 16.5. The zero-order chi connectivity index (χ0) is 17.2. The topological polar surface area (TPSA) is 127 Å². The Morgan fingerprint density at radius 3 is 2.17 bits per heavy atom. The van der Waals surface area contributed by atoms with Gasteiger partial charge in [-0.1, -0.05) is 43.2 Å². The van der Waals surface area contributed by atoms with Crippen molar-refractivity contribution in [3.63, 3.8) is 0 Å². The maximum absolute atomic E-state index is 11.9. The van der Waals surface area contributed by atoms with Crippen LogP contribution < -0.4 is 5.73 Å². The molecule has 23 heavy (non-hydrogen) atoms. The molecule has 0 spiro atoms. The average Bonchev–Trinajstić information content (AvgIpc) is 2.52. The SMILES string of the molecule is NC(CCCC[C@@H](C(=O)O)C(=O)OCc1ccccc1)C(=O)O. The fraction of sp³-hybridized carbons (Fsp3) is 0.438. The molecule has 0 saturated heterocycles. The molecular formula is C16H21NO6. The number of hydrogen-bond donors (Lipinski definition) is 3. The molecule has 0 aliphatic rings. The molecule has 0 fully saturated rings. The van der Waals surface area contributed by atoms with Crippen LogP contribution in [0.4, 0.5) is 0 Å². The van der Waals surface area contributed by atoms with Gasteiger partial charge in [-0.15, -0.1) is 0 Å². The number of aliphatic carboxylic acids is 2. The Morgan fingerprint density at radius 1 is 1.00 bits per heavy atom. The summed E-state index contributed by atoms with van der Waals surface area (Å²) in [6.07, 6.45) is 1.15. The summed E-state index contributed by atoms with van der Waals surface area (Å²) in [5, 5.41) is 17.8. The molecule has 0 aliphatic carbocycles. The van der Waals surface area contributed by atoms with E-state index in [-0.39, 0.29) is 19.4 Å². The van der Waals surface area contributed by atoms with Crippen LogP contribution in [-0.2, 0) is 25.7 Å². The molecule has 0 bridgehead atoms. The van der Waals surface area contributed by atoms with Gasteiger partial charge in [0, 0.05) is 0 Å². The molecule has 0 saturated carbocycles. The van der Waals surface area contributed by atoms with Crippen LogP contribution in [0.3, 0.4) is 0 Å². The van der Waals surface area contributed by atoms with E-state index in [0.717, 1.165) is 5.56 Å². The molecule has 7 nitrogen and oxygen atoms in total. The normalized spacial score (nSPS) is 13.1. The van der Waals surface area contributed by atoms with Crippen molar-refractivity contribution in [3.8, 4) is 0 Å². The zero-order valence-corrected chi connectivity index (χ0v) is 12.7. The number of rotatable bonds is 10. The molecule has 1 aromatic rings. The van der Waals surface area contributed by atoms with Crippen molar-refractivity contribution in [2.75, 3.05) is 0 Å². The number of benzene rings is 1. The highest BCUT2D eigenvalue weighted by Gasteiger charge is 2.27. The number of unbranched alkanes of at least 4 members (excludes halogenated alkanes) is 1. The van der Waals surface area contributed by atoms with Gasteiger partial charge in [0.2, 0.25) is 0 Å². The van der Waals surface area contributed by atoms with Gasteiger partial charge in [0.25, 0.3) is 0 Å². The van der Waals surface area contributed by atoms with E-state index < -0.39 is 29.9 Å². The highest BCUT2D eigenvalue weighted by molar-refractivity contribution is 5.93. The van der Waals surface area contributed by atoms with Crippen molar-refractivity contribution in [2.24, 2.45) is 11.7 Å². The van der Waals surface area contributed by atoms with Gasteiger partial charge in [0.15, 0.2) is 5.92 Å². The number of esters is 1. The number of carbonyl (C=O) groups is 3. The third-order valence-corrected chi connectivity index (χ3v) is 3.38. The van der Waals surface area contributed by atoms with Crippen LogP contribution in [0.15, 0.2) is 30.3 Å². The van der Waals surface area contributed by atoms with Gasteiger partial charge in [0.05, 0.1) is 0 Å². The van der Waals surface area contributed by atoms with E-state index in [1.54, 1.807) is 24.3 Å². The Balaban J connectivity index is 2.40. The molecule has 1 rings (SSSR count). The first kappa shape index (κ1) is 18.6. The van der Waals surface area contributed by atoms with Crippen LogP contribution in [0, 0.1) is 5.92 Å². The van der Waals surface area contributed by atoms with Crippen LogP contribution in [-0.4, -0.2) is 34.2 Å². The first-order valence-corrected chi connectivity index (χ1v) is 7.33. The number of carboxylic acids is 2. The predicted octanol–water partition coefficient (Wildman–Crippen LogP) is 1.40. The van der Waals surface area contributed by atoms with E-state index in [0.29, 0.717) is 12.8 Å². The summed E-state index contributed by atoms with van der Waals surface area (Å²) in [6.45, 7) is 0.0212. The lowest BCUT2D eigenvalue weighted by Crippen LogP contribution is -2.30. The largest absolute Gasteiger partial charge is 0.481 e. The molecule has 4 N–H and O–H groups in total. The quantitative estimate of drug-likeness (QED) is 0.337. The van der Waals surface area contributed by atoms with Gasteiger partial charge >= 0.3 is 17.9 Å². The molecule has 0 radical (unpaired) electrons. The standard InChI is InChI=1S/C16H21NO6/c17-13(15(20)21)9-5-4-8-12(14(18)19)16(22)23-10-11-6-2-1-3-7-11/h1-3,6-7,12-13H,4-5,8-10,17H2,(H,18,19)(H,20,21)/t12-,13?/m0/s1. The molecular weight excluding hydrogens is 302 g/mol. The van der Waals surface area contributed by atoms with E-state index in [4.69, 9.17) is 20.7 Å². The number of nitrogens with two attached hydrogens (primary N) is 1. The summed E-state index contributed by atoms with van der Waals surface area (Å²) < 4.78 is 5.03. The molecule has 0 aromatic heterocycles. The minimum Gasteiger partial charge on any atom is -0.481 e. The number of carbonyl (C=O) groups excluding carboxylic acids is 1. The van der Waals surface area contributed by atoms with Crippen molar-refractivity contribution in [1.29, 1.82) is 0 Å². The van der Waals surface area contributed by atoms with Crippen molar-refractivity contribution >= 4 is 17.9 Å². The summed E-state index contributed by atoms with van der Waals surface area (Å²) in [5.41, 5.74) is 6.13. The Labute approximate surface area is 134 Å². The maximum atomic E-state index is 11.9. The van der Waals surface area contributed by atoms with E-state index in [1.165, 1.54) is 0 Å². The van der Waals surface area contributed by atoms with Gasteiger partial charge in [-0.05, 0) is 18.4 Å². The minimum atomic E-state index is -1.25. The second-order valence-corrected chi connectivity index (χ2v) is 5.21. The molecule has 2 atom stereocenters. The lowest BCUT2D eigenvalue weighted by atomic mass is 10.00. The second kappa shape index (κ2) is 9.58. The van der Waals surface area contributed by atoms with Crippen LogP contribution in [0.2, 0.25) is 0 Å². The summed E-state index contributed by atoms with van der Waals surface area (Å²) >= 11 is 0. The molecule has 7 heteroatoms. The summed E-state index contributed by atoms with van der Waals surface area (Å²) in [7, 11) is 0. The van der Waals surface area contributed by atoms with Crippen molar-refractivity contribution in [3.05, 3.63) is 35.9 Å². The lowest BCUT2D eigenvalue weighted by Gasteiger charge is -2.12. The summed E-state index contributed by atoms with van der Waals surface area (Å²) in [6, 6.07) is 8.00.